The highest BCUT2D eigenvalue weighted by Crippen LogP contribution is 2.19. The fourth-order valence-corrected chi connectivity index (χ4v) is 1.23. The normalized spacial score (nSPS) is 12.5. The first-order valence-corrected chi connectivity index (χ1v) is 4.55. The van der Waals surface area contributed by atoms with Crippen molar-refractivity contribution in [2.24, 2.45) is 5.73 Å². The summed E-state index contributed by atoms with van der Waals surface area (Å²) in [6.07, 6.45) is 1.07. The van der Waals surface area contributed by atoms with Crippen LogP contribution in [0.3, 0.4) is 0 Å². The number of carbonyl (C=O) groups is 1. The monoisotopic (exact) mass is 177 g/mol. The van der Waals surface area contributed by atoms with Crippen molar-refractivity contribution in [3.63, 3.8) is 0 Å². The van der Waals surface area contributed by atoms with Crippen LogP contribution in [0.4, 0.5) is 0 Å². The van der Waals surface area contributed by atoms with E-state index in [1.165, 1.54) is 5.56 Å². The van der Waals surface area contributed by atoms with Gasteiger partial charge in [-0.1, -0.05) is 26.0 Å². The number of carbonyl (C=O) groups excluding carboxylic acids is 1. The first kappa shape index (κ1) is 9.78. The van der Waals surface area contributed by atoms with Gasteiger partial charge in [0.05, 0.1) is 0 Å². The second-order valence-corrected chi connectivity index (χ2v) is 3.30. The summed E-state index contributed by atoms with van der Waals surface area (Å²) in [5.74, 6) is 0.129. The van der Waals surface area contributed by atoms with Crippen molar-refractivity contribution in [2.45, 2.75) is 26.2 Å². The van der Waals surface area contributed by atoms with Crippen molar-refractivity contribution in [1.29, 1.82) is 0 Å². The van der Waals surface area contributed by atoms with Crippen LogP contribution in [0.15, 0.2) is 24.3 Å². The maximum Gasteiger partial charge on any atom is 0.248 e. The summed E-state index contributed by atoms with van der Waals surface area (Å²) in [6.45, 7) is 4.27. The van der Waals surface area contributed by atoms with Crippen LogP contribution in [0.1, 0.15) is 42.1 Å². The quantitative estimate of drug-likeness (QED) is 0.756. The Labute approximate surface area is 78.8 Å². The topological polar surface area (TPSA) is 43.1 Å². The molecule has 0 saturated heterocycles. The Bertz CT molecular complexity index is 307. The number of hydrogen-bond acceptors (Lipinski definition) is 1. The van der Waals surface area contributed by atoms with Gasteiger partial charge in [0, 0.05) is 5.56 Å². The van der Waals surface area contributed by atoms with Gasteiger partial charge in [0.2, 0.25) is 5.91 Å². The molecule has 2 N–H and O–H groups in total. The number of rotatable bonds is 3. The summed E-state index contributed by atoms with van der Waals surface area (Å²) in [7, 11) is 0. The molecule has 2 nitrogen and oxygen atoms in total. The minimum absolute atomic E-state index is 0.356. The molecule has 0 aliphatic carbocycles. The summed E-state index contributed by atoms with van der Waals surface area (Å²) in [5, 5.41) is 0. The van der Waals surface area contributed by atoms with Crippen LogP contribution in [-0.2, 0) is 0 Å². The first-order chi connectivity index (χ1) is 6.15. The Kier molecular flexibility index (Phi) is 3.07. The second kappa shape index (κ2) is 4.08. The van der Waals surface area contributed by atoms with E-state index in [2.05, 4.69) is 13.8 Å². The second-order valence-electron chi connectivity index (χ2n) is 3.30. The molecule has 1 rings (SSSR count). The zero-order valence-electron chi connectivity index (χ0n) is 8.08. The van der Waals surface area contributed by atoms with Gasteiger partial charge in [0.25, 0.3) is 0 Å². The maximum atomic E-state index is 10.9. The van der Waals surface area contributed by atoms with E-state index in [1.54, 1.807) is 6.07 Å². The van der Waals surface area contributed by atoms with Crippen molar-refractivity contribution in [3.05, 3.63) is 35.4 Å². The molecular formula is C11H15NO. The summed E-state index contributed by atoms with van der Waals surface area (Å²) < 4.78 is 0. The molecule has 0 bridgehead atoms. The van der Waals surface area contributed by atoms with Crippen LogP contribution >= 0.6 is 0 Å². The number of primary amides is 1. The SMILES string of the molecule is CCC(C)c1cccc(C(N)=O)c1. The number of nitrogens with two attached hydrogens (primary N) is 1. The molecule has 1 aromatic rings. The molecule has 2 heteroatoms. The van der Waals surface area contributed by atoms with Gasteiger partial charge in [-0.2, -0.15) is 0 Å². The third-order valence-electron chi connectivity index (χ3n) is 2.35. The highest BCUT2D eigenvalue weighted by molar-refractivity contribution is 5.92. The fourth-order valence-electron chi connectivity index (χ4n) is 1.23. The molecular weight excluding hydrogens is 162 g/mol. The lowest BCUT2D eigenvalue weighted by molar-refractivity contribution is 0.1000. The van der Waals surface area contributed by atoms with Gasteiger partial charge in [-0.3, -0.25) is 4.79 Å². The number of amides is 1. The Hall–Kier alpha value is -1.31. The lowest BCUT2D eigenvalue weighted by atomic mass is 9.97. The van der Waals surface area contributed by atoms with E-state index >= 15 is 0 Å². The summed E-state index contributed by atoms with van der Waals surface area (Å²) in [4.78, 5) is 10.9. The molecule has 0 saturated carbocycles. The zero-order valence-corrected chi connectivity index (χ0v) is 8.08. The molecule has 0 aromatic heterocycles. The van der Waals surface area contributed by atoms with Crippen LogP contribution in [0, 0.1) is 0 Å². The Morgan fingerprint density at radius 3 is 2.77 bits per heavy atom. The van der Waals surface area contributed by atoms with Gasteiger partial charge in [-0.15, -0.1) is 0 Å². The smallest absolute Gasteiger partial charge is 0.248 e. The minimum atomic E-state index is -0.356. The summed E-state index contributed by atoms with van der Waals surface area (Å²) in [5.41, 5.74) is 6.96. The first-order valence-electron chi connectivity index (χ1n) is 4.55. The predicted molar refractivity (Wildman–Crippen MR) is 53.7 cm³/mol. The third-order valence-corrected chi connectivity index (χ3v) is 2.35. The Morgan fingerprint density at radius 2 is 2.23 bits per heavy atom. The molecule has 0 aliphatic heterocycles. The molecule has 1 aromatic carbocycles. The average molecular weight is 177 g/mol. The zero-order chi connectivity index (χ0) is 9.84. The molecule has 1 unspecified atom stereocenters. The fraction of sp³-hybridized carbons (Fsp3) is 0.364. The van der Waals surface area contributed by atoms with Gasteiger partial charge in [0.15, 0.2) is 0 Å². The van der Waals surface area contributed by atoms with E-state index in [9.17, 15) is 4.79 Å². The van der Waals surface area contributed by atoms with E-state index in [4.69, 9.17) is 5.73 Å². The summed E-state index contributed by atoms with van der Waals surface area (Å²) in [6, 6.07) is 7.52. The Morgan fingerprint density at radius 1 is 1.54 bits per heavy atom. The van der Waals surface area contributed by atoms with Crippen LogP contribution in [0.5, 0.6) is 0 Å². The number of benzene rings is 1. The van der Waals surface area contributed by atoms with Crippen molar-refractivity contribution >= 4 is 5.91 Å². The highest BCUT2D eigenvalue weighted by Gasteiger charge is 2.05. The van der Waals surface area contributed by atoms with Gasteiger partial charge in [0.1, 0.15) is 0 Å². The van der Waals surface area contributed by atoms with Gasteiger partial charge in [-0.25, -0.2) is 0 Å². The van der Waals surface area contributed by atoms with Crippen molar-refractivity contribution in [2.75, 3.05) is 0 Å². The molecule has 0 radical (unpaired) electrons. The van der Waals surface area contributed by atoms with Gasteiger partial charge >= 0.3 is 0 Å². The van der Waals surface area contributed by atoms with Gasteiger partial charge < -0.3 is 5.73 Å². The van der Waals surface area contributed by atoms with Crippen LogP contribution in [-0.4, -0.2) is 5.91 Å². The summed E-state index contributed by atoms with van der Waals surface area (Å²) >= 11 is 0. The van der Waals surface area contributed by atoms with Crippen molar-refractivity contribution in [1.82, 2.24) is 0 Å². The van der Waals surface area contributed by atoms with E-state index in [-0.39, 0.29) is 5.91 Å². The average Bonchev–Trinajstić information content (AvgIpc) is 2.17. The lowest BCUT2D eigenvalue weighted by Gasteiger charge is -2.09. The maximum absolute atomic E-state index is 10.9. The van der Waals surface area contributed by atoms with E-state index < -0.39 is 0 Å². The van der Waals surface area contributed by atoms with Gasteiger partial charge in [-0.05, 0) is 30.0 Å². The third kappa shape index (κ3) is 2.31. The molecule has 0 heterocycles. The molecule has 0 spiro atoms. The lowest BCUT2D eigenvalue weighted by Crippen LogP contribution is -2.11. The molecule has 1 amide bonds. The van der Waals surface area contributed by atoms with E-state index in [0.717, 1.165) is 6.42 Å². The number of hydrogen-bond donors (Lipinski definition) is 1. The van der Waals surface area contributed by atoms with Crippen LogP contribution in [0.2, 0.25) is 0 Å². The largest absolute Gasteiger partial charge is 0.366 e. The van der Waals surface area contributed by atoms with Crippen molar-refractivity contribution in [3.8, 4) is 0 Å². The molecule has 0 fully saturated rings. The van der Waals surface area contributed by atoms with Crippen LogP contribution in [0.25, 0.3) is 0 Å². The standard InChI is InChI=1S/C11H15NO/c1-3-8(2)9-5-4-6-10(7-9)11(12)13/h4-8H,3H2,1-2H3,(H2,12,13). The van der Waals surface area contributed by atoms with Crippen LogP contribution < -0.4 is 5.73 Å². The molecule has 13 heavy (non-hydrogen) atoms. The highest BCUT2D eigenvalue weighted by atomic mass is 16.1. The van der Waals surface area contributed by atoms with E-state index in [1.807, 2.05) is 18.2 Å². The predicted octanol–water partition coefficient (Wildman–Crippen LogP) is 2.30. The Balaban J connectivity index is 2.98. The molecule has 70 valence electrons. The van der Waals surface area contributed by atoms with Crippen molar-refractivity contribution < 1.29 is 4.79 Å². The van der Waals surface area contributed by atoms with E-state index in [0.29, 0.717) is 11.5 Å². The minimum Gasteiger partial charge on any atom is -0.366 e. The molecule has 0 aliphatic rings. The molecule has 1 atom stereocenters.